The topological polar surface area (TPSA) is 41.0 Å². The largest absolute Gasteiger partial charge is 0.389 e. The fourth-order valence-corrected chi connectivity index (χ4v) is 2.58. The van der Waals surface area contributed by atoms with E-state index in [1.54, 1.807) is 0 Å². The molecular formula is C14H21F3N4. The first-order valence-electron chi connectivity index (χ1n) is 7.27. The number of rotatable bonds is 6. The summed E-state index contributed by atoms with van der Waals surface area (Å²) >= 11 is 0. The Hall–Kier alpha value is -1.37. The van der Waals surface area contributed by atoms with E-state index in [9.17, 15) is 13.2 Å². The Morgan fingerprint density at radius 1 is 1.43 bits per heavy atom. The van der Waals surface area contributed by atoms with Gasteiger partial charge in [0.15, 0.2) is 0 Å². The van der Waals surface area contributed by atoms with Crippen molar-refractivity contribution in [3.63, 3.8) is 0 Å². The summed E-state index contributed by atoms with van der Waals surface area (Å²) in [4.78, 5) is 10.5. The van der Waals surface area contributed by atoms with Gasteiger partial charge in [0.05, 0.1) is 0 Å². The van der Waals surface area contributed by atoms with E-state index < -0.39 is 12.6 Å². The molecule has 0 radical (unpaired) electrons. The van der Waals surface area contributed by atoms with Crippen molar-refractivity contribution < 1.29 is 13.2 Å². The molecule has 21 heavy (non-hydrogen) atoms. The molecule has 2 heterocycles. The SMILES string of the molecule is CN1CCC[C@H]1CCNc1nccc(CCC(F)(F)F)n1. The van der Waals surface area contributed by atoms with E-state index in [0.29, 0.717) is 17.7 Å². The molecule has 1 fully saturated rings. The number of hydrogen-bond donors (Lipinski definition) is 1. The molecule has 0 saturated carbocycles. The molecule has 1 aliphatic rings. The second kappa shape index (κ2) is 7.06. The lowest BCUT2D eigenvalue weighted by molar-refractivity contribution is -0.134. The van der Waals surface area contributed by atoms with Crippen molar-refractivity contribution in [1.82, 2.24) is 14.9 Å². The maximum Gasteiger partial charge on any atom is 0.389 e. The summed E-state index contributed by atoms with van der Waals surface area (Å²) in [6, 6.07) is 2.10. The monoisotopic (exact) mass is 302 g/mol. The van der Waals surface area contributed by atoms with Gasteiger partial charge in [-0.05, 0) is 45.3 Å². The first-order chi connectivity index (χ1) is 9.94. The predicted molar refractivity (Wildman–Crippen MR) is 75.2 cm³/mol. The van der Waals surface area contributed by atoms with Gasteiger partial charge in [0, 0.05) is 30.9 Å². The van der Waals surface area contributed by atoms with Crippen LogP contribution < -0.4 is 5.32 Å². The minimum atomic E-state index is -4.15. The molecule has 1 N–H and O–H groups in total. The van der Waals surface area contributed by atoms with Crippen LogP contribution in [0.15, 0.2) is 12.3 Å². The summed E-state index contributed by atoms with van der Waals surface area (Å²) in [5.41, 5.74) is 0.419. The second-order valence-corrected chi connectivity index (χ2v) is 5.48. The number of halogens is 3. The molecule has 1 saturated heterocycles. The molecule has 1 atom stereocenters. The van der Waals surface area contributed by atoms with Crippen LogP contribution in [0, 0.1) is 0 Å². The van der Waals surface area contributed by atoms with Gasteiger partial charge >= 0.3 is 6.18 Å². The Morgan fingerprint density at radius 2 is 2.24 bits per heavy atom. The average molecular weight is 302 g/mol. The highest BCUT2D eigenvalue weighted by Gasteiger charge is 2.26. The predicted octanol–water partition coefficient (Wildman–Crippen LogP) is 2.87. The maximum absolute atomic E-state index is 12.2. The molecule has 2 rings (SSSR count). The molecule has 0 aliphatic carbocycles. The quantitative estimate of drug-likeness (QED) is 0.877. The lowest BCUT2D eigenvalue weighted by Gasteiger charge is -2.19. The zero-order chi connectivity index (χ0) is 15.3. The highest BCUT2D eigenvalue weighted by Crippen LogP contribution is 2.21. The number of nitrogens with one attached hydrogen (secondary N) is 1. The van der Waals surface area contributed by atoms with Crippen LogP contribution >= 0.6 is 0 Å². The normalized spacial score (nSPS) is 19.9. The molecule has 0 aromatic carbocycles. The fourth-order valence-electron chi connectivity index (χ4n) is 2.58. The lowest BCUT2D eigenvalue weighted by atomic mass is 10.1. The van der Waals surface area contributed by atoms with Gasteiger partial charge in [-0.2, -0.15) is 13.2 Å². The van der Waals surface area contributed by atoms with Crippen LogP contribution in [0.2, 0.25) is 0 Å². The number of likely N-dealkylation sites (tertiary alicyclic amines) is 1. The highest BCUT2D eigenvalue weighted by atomic mass is 19.4. The average Bonchev–Trinajstić information content (AvgIpc) is 2.82. The Labute approximate surface area is 122 Å². The summed E-state index contributed by atoms with van der Waals surface area (Å²) in [7, 11) is 2.12. The van der Waals surface area contributed by atoms with Gasteiger partial charge in [0.25, 0.3) is 0 Å². The Kier molecular flexibility index (Phi) is 5.39. The lowest BCUT2D eigenvalue weighted by Crippen LogP contribution is -2.27. The first kappa shape index (κ1) is 16.0. The van der Waals surface area contributed by atoms with Crippen LogP contribution in [0.5, 0.6) is 0 Å². The molecule has 7 heteroatoms. The van der Waals surface area contributed by atoms with Crippen LogP contribution in [0.1, 0.15) is 31.4 Å². The van der Waals surface area contributed by atoms with Crippen LogP contribution in [-0.2, 0) is 6.42 Å². The molecule has 1 aliphatic heterocycles. The molecule has 4 nitrogen and oxygen atoms in total. The van der Waals surface area contributed by atoms with Gasteiger partial charge in [-0.25, -0.2) is 9.97 Å². The molecule has 1 aromatic heterocycles. The molecular weight excluding hydrogens is 281 g/mol. The van der Waals surface area contributed by atoms with Gasteiger partial charge in [0.2, 0.25) is 5.95 Å². The van der Waals surface area contributed by atoms with E-state index in [2.05, 4.69) is 27.2 Å². The van der Waals surface area contributed by atoms with Gasteiger partial charge in [-0.1, -0.05) is 0 Å². The zero-order valence-corrected chi connectivity index (χ0v) is 12.2. The van der Waals surface area contributed by atoms with Crippen LogP contribution in [-0.4, -0.2) is 47.2 Å². The van der Waals surface area contributed by atoms with E-state index in [-0.39, 0.29) is 6.42 Å². The maximum atomic E-state index is 12.2. The summed E-state index contributed by atoms with van der Waals surface area (Å²) in [6.45, 7) is 1.87. The molecule has 118 valence electrons. The van der Waals surface area contributed by atoms with Crippen molar-refractivity contribution in [2.45, 2.75) is 44.3 Å². The van der Waals surface area contributed by atoms with Gasteiger partial charge in [-0.3, -0.25) is 0 Å². The smallest absolute Gasteiger partial charge is 0.354 e. The van der Waals surface area contributed by atoms with Crippen LogP contribution in [0.25, 0.3) is 0 Å². The number of aromatic nitrogens is 2. The van der Waals surface area contributed by atoms with Gasteiger partial charge in [-0.15, -0.1) is 0 Å². The molecule has 0 amide bonds. The first-order valence-corrected chi connectivity index (χ1v) is 7.27. The third kappa shape index (κ3) is 5.49. The van der Waals surface area contributed by atoms with Crippen molar-refractivity contribution in [2.24, 2.45) is 0 Å². The zero-order valence-electron chi connectivity index (χ0n) is 12.2. The minimum absolute atomic E-state index is 0.105. The molecule has 0 spiro atoms. The van der Waals surface area contributed by atoms with E-state index in [1.165, 1.54) is 25.1 Å². The van der Waals surface area contributed by atoms with Crippen LogP contribution in [0.3, 0.4) is 0 Å². The highest BCUT2D eigenvalue weighted by molar-refractivity contribution is 5.25. The van der Waals surface area contributed by atoms with Crippen molar-refractivity contribution >= 4 is 5.95 Å². The summed E-state index contributed by atoms with van der Waals surface area (Å²) in [6.07, 6.45) is -0.182. The number of alkyl halides is 3. The van der Waals surface area contributed by atoms with E-state index in [0.717, 1.165) is 19.5 Å². The Balaban J connectivity index is 1.78. The summed E-state index contributed by atoms with van der Waals surface area (Å²) < 4.78 is 36.6. The van der Waals surface area contributed by atoms with Crippen LogP contribution in [0.4, 0.5) is 19.1 Å². The summed E-state index contributed by atoms with van der Waals surface area (Å²) in [5, 5.41) is 3.10. The number of aryl methyl sites for hydroxylation is 1. The number of nitrogens with zero attached hydrogens (tertiary/aromatic N) is 3. The number of hydrogen-bond acceptors (Lipinski definition) is 4. The minimum Gasteiger partial charge on any atom is -0.354 e. The van der Waals surface area contributed by atoms with Crippen molar-refractivity contribution in [3.8, 4) is 0 Å². The second-order valence-electron chi connectivity index (χ2n) is 5.48. The van der Waals surface area contributed by atoms with Crippen molar-refractivity contribution in [3.05, 3.63) is 18.0 Å². The Bertz CT molecular complexity index is 450. The standard InChI is InChI=1S/C14H21F3N4/c1-21-10-2-3-12(21)6-9-19-13-18-8-5-11(20-13)4-7-14(15,16)17/h5,8,12H,2-4,6-7,9-10H2,1H3,(H,18,19,20)/t12-/m0/s1. The van der Waals surface area contributed by atoms with Gasteiger partial charge < -0.3 is 10.2 Å². The third-order valence-corrected chi connectivity index (χ3v) is 3.81. The molecule has 0 bridgehead atoms. The Morgan fingerprint density at radius 3 is 2.90 bits per heavy atom. The van der Waals surface area contributed by atoms with E-state index >= 15 is 0 Å². The molecule has 1 aromatic rings. The van der Waals surface area contributed by atoms with E-state index in [1.807, 2.05) is 0 Å². The fraction of sp³-hybridized carbons (Fsp3) is 0.714. The number of anilines is 1. The summed E-state index contributed by atoms with van der Waals surface area (Å²) in [5.74, 6) is 0.412. The third-order valence-electron chi connectivity index (χ3n) is 3.81. The molecule has 0 unspecified atom stereocenters. The van der Waals surface area contributed by atoms with Crippen molar-refractivity contribution in [1.29, 1.82) is 0 Å². The van der Waals surface area contributed by atoms with E-state index in [4.69, 9.17) is 0 Å². The van der Waals surface area contributed by atoms with Gasteiger partial charge in [0.1, 0.15) is 0 Å². The van der Waals surface area contributed by atoms with Crippen molar-refractivity contribution in [2.75, 3.05) is 25.5 Å².